The molecule has 252 valence electrons. The van der Waals surface area contributed by atoms with Crippen LogP contribution in [-0.4, -0.2) is 9.97 Å². The minimum absolute atomic E-state index is 0.697. The summed E-state index contributed by atoms with van der Waals surface area (Å²) in [5.74, 6) is 0.697. The van der Waals surface area contributed by atoms with Crippen LogP contribution in [-0.2, 0) is 0 Å². The molecule has 2 nitrogen and oxygen atoms in total. The Morgan fingerprint density at radius 2 is 0.519 bits per heavy atom. The Bertz CT molecular complexity index is 3000. The molecule has 0 aliphatic rings. The average Bonchev–Trinajstić information content (AvgIpc) is 3.26. The maximum Gasteiger partial charge on any atom is 0.160 e. The molecule has 0 saturated carbocycles. The average molecular weight is 687 g/mol. The number of fused-ring (bicyclic) bond motifs is 10. The zero-order valence-corrected chi connectivity index (χ0v) is 29.5. The Hall–Kier alpha value is -7.16. The summed E-state index contributed by atoms with van der Waals surface area (Å²) in [6.45, 7) is 0. The quantitative estimate of drug-likeness (QED) is 0.184. The molecule has 9 aromatic carbocycles. The maximum atomic E-state index is 5.28. The normalized spacial score (nSPS) is 11.3. The van der Waals surface area contributed by atoms with Crippen LogP contribution in [0.1, 0.15) is 0 Å². The molecule has 0 fully saturated rings. The van der Waals surface area contributed by atoms with Gasteiger partial charge >= 0.3 is 0 Å². The Morgan fingerprint density at radius 3 is 0.981 bits per heavy atom. The SMILES string of the molecule is c1ccc(-c2ccc(-c3nc(-c4ccccc4)cc(-c4ccc5c6ccccc6c6ccccc6c6ccccc6c6ccccc6c5c4)n3)cc2)cc1. The van der Waals surface area contributed by atoms with E-state index in [4.69, 9.17) is 9.97 Å². The summed E-state index contributed by atoms with van der Waals surface area (Å²) in [6, 6.07) is 73.7. The van der Waals surface area contributed by atoms with Crippen LogP contribution in [0.15, 0.2) is 206 Å². The van der Waals surface area contributed by atoms with Gasteiger partial charge in [0.15, 0.2) is 5.82 Å². The van der Waals surface area contributed by atoms with Crippen molar-refractivity contribution in [1.29, 1.82) is 0 Å². The Labute approximate surface area is 314 Å². The van der Waals surface area contributed by atoms with Crippen LogP contribution in [0.25, 0.3) is 98.9 Å². The number of rotatable bonds is 4. The maximum absolute atomic E-state index is 5.28. The molecule has 0 radical (unpaired) electrons. The van der Waals surface area contributed by atoms with Crippen molar-refractivity contribution in [1.82, 2.24) is 9.97 Å². The van der Waals surface area contributed by atoms with Crippen molar-refractivity contribution in [3.63, 3.8) is 0 Å². The molecule has 1 heterocycles. The second-order valence-corrected chi connectivity index (χ2v) is 13.7. The fourth-order valence-corrected chi connectivity index (χ4v) is 7.90. The summed E-state index contributed by atoms with van der Waals surface area (Å²) in [5.41, 5.74) is 7.17. The van der Waals surface area contributed by atoms with Gasteiger partial charge in [-0.25, -0.2) is 9.97 Å². The van der Waals surface area contributed by atoms with Gasteiger partial charge in [-0.2, -0.15) is 0 Å². The van der Waals surface area contributed by atoms with Gasteiger partial charge in [0.1, 0.15) is 0 Å². The Morgan fingerprint density at radius 1 is 0.204 bits per heavy atom. The van der Waals surface area contributed by atoms with Crippen LogP contribution in [0.3, 0.4) is 0 Å². The summed E-state index contributed by atoms with van der Waals surface area (Å²) in [6.07, 6.45) is 0. The molecule has 54 heavy (non-hydrogen) atoms. The van der Waals surface area contributed by atoms with Gasteiger partial charge in [-0.05, 0) is 77.1 Å². The van der Waals surface area contributed by atoms with Crippen LogP contribution < -0.4 is 0 Å². The first kappa shape index (κ1) is 31.6. The van der Waals surface area contributed by atoms with E-state index < -0.39 is 0 Å². The molecule has 0 bridgehead atoms. The second kappa shape index (κ2) is 13.4. The van der Waals surface area contributed by atoms with Crippen molar-refractivity contribution in [3.8, 4) is 45.0 Å². The lowest BCUT2D eigenvalue weighted by molar-refractivity contribution is 1.18. The first-order chi connectivity index (χ1) is 26.8. The lowest BCUT2D eigenvalue weighted by Gasteiger charge is -2.12. The fourth-order valence-electron chi connectivity index (χ4n) is 7.90. The van der Waals surface area contributed by atoms with Crippen molar-refractivity contribution in [2.75, 3.05) is 0 Å². The van der Waals surface area contributed by atoms with E-state index in [9.17, 15) is 0 Å². The van der Waals surface area contributed by atoms with Crippen LogP contribution in [0.2, 0.25) is 0 Å². The zero-order valence-electron chi connectivity index (χ0n) is 29.5. The molecule has 1 aromatic heterocycles. The van der Waals surface area contributed by atoms with Gasteiger partial charge in [0.25, 0.3) is 0 Å². The zero-order chi connectivity index (χ0) is 35.8. The van der Waals surface area contributed by atoms with Gasteiger partial charge in [-0.1, -0.05) is 194 Å². The highest BCUT2D eigenvalue weighted by atomic mass is 14.9. The van der Waals surface area contributed by atoms with Crippen molar-refractivity contribution in [2.24, 2.45) is 0 Å². The second-order valence-electron chi connectivity index (χ2n) is 13.7. The van der Waals surface area contributed by atoms with Gasteiger partial charge in [0.2, 0.25) is 0 Å². The monoisotopic (exact) mass is 686 g/mol. The first-order valence-corrected chi connectivity index (χ1v) is 18.4. The third-order valence-electron chi connectivity index (χ3n) is 10.5. The summed E-state index contributed by atoms with van der Waals surface area (Å²) in [5, 5.41) is 12.0. The molecular weight excluding hydrogens is 653 g/mol. The van der Waals surface area contributed by atoms with Crippen LogP contribution >= 0.6 is 0 Å². The molecule has 0 aliphatic carbocycles. The molecule has 0 atom stereocenters. The van der Waals surface area contributed by atoms with Crippen molar-refractivity contribution in [2.45, 2.75) is 0 Å². The van der Waals surface area contributed by atoms with Crippen LogP contribution in [0, 0.1) is 0 Å². The lowest BCUT2D eigenvalue weighted by Crippen LogP contribution is -1.96. The van der Waals surface area contributed by atoms with E-state index in [1.54, 1.807) is 0 Å². The fraction of sp³-hybridized carbons (Fsp3) is 0. The number of hydrogen-bond donors (Lipinski definition) is 0. The van der Waals surface area contributed by atoms with E-state index in [1.165, 1.54) is 59.4 Å². The summed E-state index contributed by atoms with van der Waals surface area (Å²) >= 11 is 0. The van der Waals surface area contributed by atoms with Crippen LogP contribution in [0.5, 0.6) is 0 Å². The minimum Gasteiger partial charge on any atom is -0.228 e. The van der Waals surface area contributed by atoms with Gasteiger partial charge in [-0.15, -0.1) is 0 Å². The van der Waals surface area contributed by atoms with Gasteiger partial charge in [0.05, 0.1) is 11.4 Å². The molecule has 0 saturated heterocycles. The highest BCUT2D eigenvalue weighted by Gasteiger charge is 2.14. The number of hydrogen-bond acceptors (Lipinski definition) is 2. The smallest absolute Gasteiger partial charge is 0.160 e. The number of aromatic nitrogens is 2. The summed E-state index contributed by atoms with van der Waals surface area (Å²) < 4.78 is 0. The molecule has 2 heteroatoms. The van der Waals surface area contributed by atoms with E-state index >= 15 is 0 Å². The Balaban J connectivity index is 1.28. The number of nitrogens with zero attached hydrogens (tertiary/aromatic N) is 2. The van der Waals surface area contributed by atoms with Crippen molar-refractivity contribution >= 4 is 53.9 Å². The highest BCUT2D eigenvalue weighted by molar-refractivity contribution is 6.26. The topological polar surface area (TPSA) is 25.8 Å². The van der Waals surface area contributed by atoms with Gasteiger partial charge in [0, 0.05) is 16.7 Å². The molecule has 0 amide bonds. The minimum atomic E-state index is 0.697. The molecule has 10 rings (SSSR count). The summed E-state index contributed by atoms with van der Waals surface area (Å²) in [7, 11) is 0. The molecule has 0 aliphatic heterocycles. The van der Waals surface area contributed by atoms with Crippen molar-refractivity contribution < 1.29 is 0 Å². The third kappa shape index (κ3) is 5.62. The van der Waals surface area contributed by atoms with E-state index in [2.05, 4.69) is 194 Å². The molecule has 10 aromatic rings. The standard InChI is InChI=1S/C52H34N2/c1-3-15-35(16-4-1)36-27-29-38(30-28-36)52-53-50(37-17-5-2-6-18-37)34-51(54-52)39-31-32-48-46-25-12-11-23-44(46)42-21-8-7-19-40(42)41-20-9-10-22-43(41)45-24-13-14-26-47(45)49(48)33-39/h1-34H. The van der Waals surface area contributed by atoms with Crippen LogP contribution in [0.4, 0.5) is 0 Å². The predicted molar refractivity (Wildman–Crippen MR) is 229 cm³/mol. The van der Waals surface area contributed by atoms with E-state index in [1.807, 2.05) is 12.1 Å². The van der Waals surface area contributed by atoms with Crippen molar-refractivity contribution in [3.05, 3.63) is 206 Å². The number of benzene rings is 8. The third-order valence-corrected chi connectivity index (χ3v) is 10.5. The first-order valence-electron chi connectivity index (χ1n) is 18.4. The summed E-state index contributed by atoms with van der Waals surface area (Å²) in [4.78, 5) is 10.4. The molecule has 0 N–H and O–H groups in total. The van der Waals surface area contributed by atoms with E-state index in [0.29, 0.717) is 5.82 Å². The lowest BCUT2D eigenvalue weighted by atomic mass is 9.93. The van der Waals surface area contributed by atoms with Gasteiger partial charge < -0.3 is 0 Å². The van der Waals surface area contributed by atoms with Gasteiger partial charge in [-0.3, -0.25) is 0 Å². The van der Waals surface area contributed by atoms with E-state index in [0.717, 1.165) is 33.6 Å². The van der Waals surface area contributed by atoms with E-state index in [-0.39, 0.29) is 0 Å². The largest absolute Gasteiger partial charge is 0.228 e. The predicted octanol–water partition coefficient (Wildman–Crippen LogP) is 14.0. The highest BCUT2D eigenvalue weighted by Crippen LogP contribution is 2.38. The molecular formula is C52H34N2. The molecule has 0 spiro atoms. The molecule has 0 unspecified atom stereocenters. The Kier molecular flexibility index (Phi) is 7.85.